The number of hydrogen-bond acceptors (Lipinski definition) is 3. The van der Waals surface area contributed by atoms with Crippen LogP contribution in [0.3, 0.4) is 0 Å². The van der Waals surface area contributed by atoms with Gasteiger partial charge in [-0.3, -0.25) is 4.79 Å². The summed E-state index contributed by atoms with van der Waals surface area (Å²) in [4.78, 5) is 26.5. The monoisotopic (exact) mass is 276 g/mol. The van der Waals surface area contributed by atoms with Gasteiger partial charge in [0.1, 0.15) is 11.4 Å². The van der Waals surface area contributed by atoms with Gasteiger partial charge >= 0.3 is 5.97 Å². The Labute approximate surface area is 118 Å². The number of pyridine rings is 1. The summed E-state index contributed by atoms with van der Waals surface area (Å²) in [5.74, 6) is -0.610. The standard InChI is InChI=1S/C15H20N2O3/c18-14(12-8-3-9-13(17-12)15(19)20)16-10-4-7-11-5-1-2-6-11/h3,8-9,11H,1-2,4-7,10H2,(H,16,18)(H,19,20). The number of aromatic nitrogens is 1. The van der Waals surface area contributed by atoms with E-state index < -0.39 is 5.97 Å². The van der Waals surface area contributed by atoms with Gasteiger partial charge in [0.2, 0.25) is 0 Å². The van der Waals surface area contributed by atoms with Crippen molar-refractivity contribution < 1.29 is 14.7 Å². The number of amides is 1. The Hall–Kier alpha value is -1.91. The first kappa shape index (κ1) is 14.5. The van der Waals surface area contributed by atoms with Gasteiger partial charge in [-0.05, 0) is 30.9 Å². The number of aromatic carboxylic acids is 1. The zero-order chi connectivity index (χ0) is 14.4. The maximum Gasteiger partial charge on any atom is 0.354 e. The fourth-order valence-electron chi connectivity index (χ4n) is 2.66. The normalized spacial score (nSPS) is 15.2. The lowest BCUT2D eigenvalue weighted by Crippen LogP contribution is -2.26. The molecule has 0 atom stereocenters. The average molecular weight is 276 g/mol. The number of carboxylic acids is 1. The second-order valence-corrected chi connectivity index (χ2v) is 5.26. The first-order valence-electron chi connectivity index (χ1n) is 7.15. The lowest BCUT2D eigenvalue weighted by Gasteiger charge is -2.09. The molecule has 1 saturated carbocycles. The van der Waals surface area contributed by atoms with Gasteiger partial charge in [-0.25, -0.2) is 9.78 Å². The molecule has 0 aliphatic heterocycles. The van der Waals surface area contributed by atoms with Gasteiger partial charge < -0.3 is 10.4 Å². The maximum absolute atomic E-state index is 11.8. The molecule has 0 radical (unpaired) electrons. The molecule has 1 aromatic rings. The molecular formula is C15H20N2O3. The number of nitrogens with one attached hydrogen (secondary N) is 1. The first-order chi connectivity index (χ1) is 9.66. The van der Waals surface area contributed by atoms with Gasteiger partial charge in [0.05, 0.1) is 0 Å². The van der Waals surface area contributed by atoms with Crippen molar-refractivity contribution in [3.05, 3.63) is 29.6 Å². The SMILES string of the molecule is O=C(O)c1cccc(C(=O)NCCCC2CCCC2)n1. The molecule has 1 aliphatic rings. The number of rotatable bonds is 6. The number of nitrogens with zero attached hydrogens (tertiary/aromatic N) is 1. The van der Waals surface area contributed by atoms with E-state index in [1.807, 2.05) is 0 Å². The van der Waals surface area contributed by atoms with Crippen LogP contribution < -0.4 is 5.32 Å². The molecular weight excluding hydrogens is 256 g/mol. The quantitative estimate of drug-likeness (QED) is 0.782. The molecule has 5 nitrogen and oxygen atoms in total. The molecule has 1 aliphatic carbocycles. The summed E-state index contributed by atoms with van der Waals surface area (Å²) in [5, 5.41) is 11.6. The summed E-state index contributed by atoms with van der Waals surface area (Å²) in [5.41, 5.74) is 0.0503. The van der Waals surface area contributed by atoms with E-state index in [1.54, 1.807) is 0 Å². The minimum Gasteiger partial charge on any atom is -0.477 e. The van der Waals surface area contributed by atoms with E-state index in [4.69, 9.17) is 5.11 Å². The van der Waals surface area contributed by atoms with Crippen LogP contribution in [0.1, 0.15) is 59.5 Å². The molecule has 5 heteroatoms. The van der Waals surface area contributed by atoms with E-state index in [0.717, 1.165) is 18.8 Å². The van der Waals surface area contributed by atoms with Gasteiger partial charge in [0.25, 0.3) is 5.91 Å². The van der Waals surface area contributed by atoms with Crippen molar-refractivity contribution in [1.82, 2.24) is 10.3 Å². The molecule has 0 spiro atoms. The molecule has 1 amide bonds. The van der Waals surface area contributed by atoms with E-state index >= 15 is 0 Å². The molecule has 108 valence electrons. The highest BCUT2D eigenvalue weighted by atomic mass is 16.4. The van der Waals surface area contributed by atoms with Crippen LogP contribution in [-0.4, -0.2) is 28.5 Å². The van der Waals surface area contributed by atoms with Crippen LogP contribution in [0.5, 0.6) is 0 Å². The summed E-state index contributed by atoms with van der Waals surface area (Å²) >= 11 is 0. The average Bonchev–Trinajstić information content (AvgIpc) is 2.96. The Bertz CT molecular complexity index is 482. The Balaban J connectivity index is 1.76. The minimum atomic E-state index is -1.12. The fourth-order valence-corrected chi connectivity index (χ4v) is 2.66. The highest BCUT2D eigenvalue weighted by Crippen LogP contribution is 2.28. The number of carbonyl (C=O) groups is 2. The van der Waals surface area contributed by atoms with Crippen molar-refractivity contribution in [2.75, 3.05) is 6.54 Å². The van der Waals surface area contributed by atoms with Crippen LogP contribution in [0.25, 0.3) is 0 Å². The predicted molar refractivity (Wildman–Crippen MR) is 74.7 cm³/mol. The fraction of sp³-hybridized carbons (Fsp3) is 0.533. The summed E-state index contributed by atoms with van der Waals surface area (Å²) in [6, 6.07) is 4.43. The number of hydrogen-bond donors (Lipinski definition) is 2. The minimum absolute atomic E-state index is 0.108. The Morgan fingerprint density at radius 3 is 2.65 bits per heavy atom. The van der Waals surface area contributed by atoms with Crippen LogP contribution in [0.15, 0.2) is 18.2 Å². The van der Waals surface area contributed by atoms with Gasteiger partial charge in [-0.1, -0.05) is 31.7 Å². The molecule has 0 saturated heterocycles. The van der Waals surface area contributed by atoms with Crippen molar-refractivity contribution in [3.8, 4) is 0 Å². The summed E-state index contributed by atoms with van der Waals surface area (Å²) < 4.78 is 0. The second kappa shape index (κ2) is 7.03. The van der Waals surface area contributed by atoms with Gasteiger partial charge in [-0.15, -0.1) is 0 Å². The summed E-state index contributed by atoms with van der Waals surface area (Å²) in [6.07, 6.45) is 7.43. The van der Waals surface area contributed by atoms with E-state index in [1.165, 1.54) is 43.9 Å². The Kier molecular flexibility index (Phi) is 5.09. The molecule has 2 rings (SSSR count). The lowest BCUT2D eigenvalue weighted by atomic mass is 10.0. The lowest BCUT2D eigenvalue weighted by molar-refractivity contribution is 0.0690. The molecule has 20 heavy (non-hydrogen) atoms. The highest BCUT2D eigenvalue weighted by molar-refractivity contribution is 5.94. The van der Waals surface area contributed by atoms with Crippen molar-refractivity contribution in [1.29, 1.82) is 0 Å². The molecule has 0 bridgehead atoms. The first-order valence-corrected chi connectivity index (χ1v) is 7.15. The van der Waals surface area contributed by atoms with Gasteiger partial charge in [-0.2, -0.15) is 0 Å². The van der Waals surface area contributed by atoms with Crippen molar-refractivity contribution in [3.63, 3.8) is 0 Å². The van der Waals surface area contributed by atoms with Crippen LogP contribution in [0, 0.1) is 5.92 Å². The largest absolute Gasteiger partial charge is 0.477 e. The highest BCUT2D eigenvalue weighted by Gasteiger charge is 2.15. The van der Waals surface area contributed by atoms with Gasteiger partial charge in [0, 0.05) is 6.54 Å². The third kappa shape index (κ3) is 4.05. The van der Waals surface area contributed by atoms with E-state index in [0.29, 0.717) is 6.54 Å². The number of carbonyl (C=O) groups excluding carboxylic acids is 1. The van der Waals surface area contributed by atoms with E-state index in [9.17, 15) is 9.59 Å². The second-order valence-electron chi connectivity index (χ2n) is 5.26. The topological polar surface area (TPSA) is 79.3 Å². The molecule has 1 fully saturated rings. The third-order valence-corrected chi connectivity index (χ3v) is 3.75. The van der Waals surface area contributed by atoms with Crippen LogP contribution in [-0.2, 0) is 0 Å². The number of carboxylic acid groups (broad SMARTS) is 1. The van der Waals surface area contributed by atoms with Crippen molar-refractivity contribution in [2.45, 2.75) is 38.5 Å². The maximum atomic E-state index is 11.8. The van der Waals surface area contributed by atoms with Gasteiger partial charge in [0.15, 0.2) is 0 Å². The van der Waals surface area contributed by atoms with Crippen molar-refractivity contribution in [2.24, 2.45) is 5.92 Å². The molecule has 2 N–H and O–H groups in total. The predicted octanol–water partition coefficient (Wildman–Crippen LogP) is 2.48. The smallest absolute Gasteiger partial charge is 0.354 e. The Morgan fingerprint density at radius 2 is 1.95 bits per heavy atom. The zero-order valence-electron chi connectivity index (χ0n) is 11.5. The summed E-state index contributed by atoms with van der Waals surface area (Å²) in [6.45, 7) is 0.619. The molecule has 1 heterocycles. The zero-order valence-corrected chi connectivity index (χ0v) is 11.5. The molecule has 0 unspecified atom stereocenters. The van der Waals surface area contributed by atoms with Crippen LogP contribution >= 0.6 is 0 Å². The molecule has 1 aromatic heterocycles. The van der Waals surface area contributed by atoms with E-state index in [-0.39, 0.29) is 17.3 Å². The van der Waals surface area contributed by atoms with Crippen LogP contribution in [0.2, 0.25) is 0 Å². The summed E-state index contributed by atoms with van der Waals surface area (Å²) in [7, 11) is 0. The van der Waals surface area contributed by atoms with Crippen LogP contribution in [0.4, 0.5) is 0 Å². The van der Waals surface area contributed by atoms with Crippen molar-refractivity contribution >= 4 is 11.9 Å². The third-order valence-electron chi connectivity index (χ3n) is 3.75. The van der Waals surface area contributed by atoms with E-state index in [2.05, 4.69) is 10.3 Å². The Morgan fingerprint density at radius 1 is 1.25 bits per heavy atom. The molecule has 0 aromatic carbocycles.